The predicted molar refractivity (Wildman–Crippen MR) is 98.4 cm³/mol. The summed E-state index contributed by atoms with van der Waals surface area (Å²) in [6.45, 7) is 2.64. The van der Waals surface area contributed by atoms with Crippen molar-refractivity contribution >= 4 is 11.9 Å². The molecule has 0 amide bonds. The summed E-state index contributed by atoms with van der Waals surface area (Å²) in [4.78, 5) is 24.5. The van der Waals surface area contributed by atoms with Crippen LogP contribution in [-0.2, 0) is 30.3 Å². The molecule has 2 aromatic rings. The minimum atomic E-state index is -5.85. The molecule has 0 aromatic heterocycles. The quantitative estimate of drug-likeness (QED) is 0.341. The van der Waals surface area contributed by atoms with Gasteiger partial charge in [0.25, 0.3) is 0 Å². The molecule has 0 spiro atoms. The molecule has 0 aliphatic carbocycles. The number of para-hydroxylation sites is 1. The van der Waals surface area contributed by atoms with E-state index in [-0.39, 0.29) is 5.56 Å². The van der Waals surface area contributed by atoms with Crippen molar-refractivity contribution < 1.29 is 50.1 Å². The van der Waals surface area contributed by atoms with Crippen molar-refractivity contribution in [1.82, 2.24) is 0 Å². The van der Waals surface area contributed by atoms with Gasteiger partial charge in [0.15, 0.2) is 0 Å². The summed E-state index contributed by atoms with van der Waals surface area (Å²) in [5.74, 6) is -5.91. The van der Waals surface area contributed by atoms with Crippen LogP contribution < -0.4 is 4.74 Å². The highest BCUT2D eigenvalue weighted by atomic mass is 19.4. The molecule has 2 rings (SSSR count). The smallest absolute Gasteiger partial charge is 0.425 e. The maximum Gasteiger partial charge on any atom is 0.490 e. The molecule has 0 bridgehead atoms. The van der Waals surface area contributed by atoms with Crippen LogP contribution >= 0.6 is 0 Å². The molecule has 11 heteroatoms. The largest absolute Gasteiger partial charge is 0.490 e. The predicted octanol–water partition coefficient (Wildman–Crippen LogP) is 5.04. The van der Waals surface area contributed by atoms with E-state index in [2.05, 4.69) is 4.74 Å². The van der Waals surface area contributed by atoms with Crippen LogP contribution in [0.4, 0.5) is 26.3 Å². The fraction of sp³-hybridized carbons (Fsp3) is 0.333. The lowest BCUT2D eigenvalue weighted by Crippen LogP contribution is -2.56. The number of ether oxygens (including phenoxy) is 3. The molecule has 2 aromatic carbocycles. The number of alkyl halides is 6. The number of methoxy groups -OCH3 is 1. The summed E-state index contributed by atoms with van der Waals surface area (Å²) in [5, 5.41) is 0. The Kier molecular flexibility index (Phi) is 6.93. The Bertz CT molecular complexity index is 969. The van der Waals surface area contributed by atoms with Gasteiger partial charge in [-0.1, -0.05) is 42.5 Å². The van der Waals surface area contributed by atoms with Gasteiger partial charge in [-0.15, -0.1) is 0 Å². The van der Waals surface area contributed by atoms with Gasteiger partial charge in [-0.25, -0.2) is 9.59 Å². The third-order valence-electron chi connectivity index (χ3n) is 4.58. The first kappa shape index (κ1) is 25.2. The summed E-state index contributed by atoms with van der Waals surface area (Å²) in [6, 6.07) is 10.5. The van der Waals surface area contributed by atoms with Gasteiger partial charge in [-0.3, -0.25) is 0 Å². The maximum absolute atomic E-state index is 14.4. The van der Waals surface area contributed by atoms with E-state index in [0.717, 1.165) is 37.4 Å². The van der Waals surface area contributed by atoms with Crippen LogP contribution in [0.5, 0.6) is 5.75 Å². The lowest BCUT2D eigenvalue weighted by molar-refractivity contribution is -0.286. The first-order valence-electron chi connectivity index (χ1n) is 8.96. The van der Waals surface area contributed by atoms with Crippen molar-refractivity contribution in [2.24, 2.45) is 0 Å². The first-order valence-corrected chi connectivity index (χ1v) is 8.96. The first-order chi connectivity index (χ1) is 14.7. The van der Waals surface area contributed by atoms with E-state index in [0.29, 0.717) is 0 Å². The molecular weight excluding hydrogens is 446 g/mol. The second-order valence-electron chi connectivity index (χ2n) is 7.03. The highest BCUT2D eigenvalue weighted by molar-refractivity contribution is 5.89. The van der Waals surface area contributed by atoms with Crippen molar-refractivity contribution in [2.45, 2.75) is 37.4 Å². The molecule has 1 unspecified atom stereocenters. The molecule has 0 aliphatic rings. The normalized spacial score (nSPS) is 14.4. The Morgan fingerprint density at radius 3 is 1.72 bits per heavy atom. The molecule has 0 N–H and O–H groups in total. The Balaban J connectivity index is 2.84. The number of benzene rings is 2. The van der Waals surface area contributed by atoms with E-state index >= 15 is 0 Å². The van der Waals surface area contributed by atoms with E-state index in [1.807, 2.05) is 0 Å². The SMILES string of the molecule is COC(C)(C)c1ccccc1C(OC(=O)C(F)(F)F)(C(=O)Oc1ccccc1)C(F)(F)F. The number of halogens is 6. The van der Waals surface area contributed by atoms with Crippen molar-refractivity contribution in [2.75, 3.05) is 7.11 Å². The number of hydrogen-bond acceptors (Lipinski definition) is 5. The zero-order valence-corrected chi connectivity index (χ0v) is 17.0. The molecule has 0 saturated heterocycles. The van der Waals surface area contributed by atoms with Crippen molar-refractivity contribution in [1.29, 1.82) is 0 Å². The molecule has 1 atom stereocenters. The number of rotatable bonds is 6. The van der Waals surface area contributed by atoms with Crippen LogP contribution in [0.1, 0.15) is 25.0 Å². The van der Waals surface area contributed by atoms with Crippen LogP contribution in [0, 0.1) is 0 Å². The minimum Gasteiger partial charge on any atom is -0.425 e. The van der Waals surface area contributed by atoms with Crippen LogP contribution in [0.25, 0.3) is 0 Å². The van der Waals surface area contributed by atoms with Crippen molar-refractivity contribution in [3.8, 4) is 5.75 Å². The highest BCUT2D eigenvalue weighted by Crippen LogP contribution is 2.48. The molecule has 5 nitrogen and oxygen atoms in total. The molecule has 174 valence electrons. The molecule has 32 heavy (non-hydrogen) atoms. The van der Waals surface area contributed by atoms with Gasteiger partial charge in [-0.05, 0) is 31.5 Å². The fourth-order valence-corrected chi connectivity index (χ4v) is 2.82. The average Bonchev–Trinajstić information content (AvgIpc) is 2.70. The van der Waals surface area contributed by atoms with Crippen LogP contribution in [-0.4, -0.2) is 31.4 Å². The number of hydrogen-bond donors (Lipinski definition) is 0. The second-order valence-corrected chi connectivity index (χ2v) is 7.03. The second kappa shape index (κ2) is 8.81. The molecule has 0 fully saturated rings. The summed E-state index contributed by atoms with van der Waals surface area (Å²) in [7, 11) is 1.15. The Morgan fingerprint density at radius 2 is 1.25 bits per heavy atom. The summed E-state index contributed by atoms with van der Waals surface area (Å²) in [5.41, 5.74) is -7.40. The molecule has 0 heterocycles. The average molecular weight is 464 g/mol. The minimum absolute atomic E-state index is 0.347. The van der Waals surface area contributed by atoms with Gasteiger partial charge in [-0.2, -0.15) is 26.3 Å². The molecule has 0 aliphatic heterocycles. The van der Waals surface area contributed by atoms with Gasteiger partial charge < -0.3 is 14.2 Å². The van der Waals surface area contributed by atoms with Crippen LogP contribution in [0.15, 0.2) is 54.6 Å². The van der Waals surface area contributed by atoms with E-state index in [1.165, 1.54) is 38.1 Å². The van der Waals surface area contributed by atoms with Gasteiger partial charge in [0.05, 0.1) is 5.60 Å². The standard InChI is InChI=1S/C21H18F6O5/c1-18(2,30-3)14-11-7-8-12-15(14)19(21(25,26)27,32-17(29)20(22,23)24)16(28)31-13-9-5-4-6-10-13/h4-12H,1-3H3. The Hall–Kier alpha value is -3.08. The summed E-state index contributed by atoms with van der Waals surface area (Å²) >= 11 is 0. The van der Waals surface area contributed by atoms with Crippen molar-refractivity contribution in [3.63, 3.8) is 0 Å². The Labute approximate surface area is 178 Å². The zero-order chi connectivity index (χ0) is 24.4. The van der Waals surface area contributed by atoms with E-state index < -0.39 is 46.8 Å². The zero-order valence-electron chi connectivity index (χ0n) is 17.0. The number of esters is 2. The topological polar surface area (TPSA) is 61.8 Å². The van der Waals surface area contributed by atoms with Crippen molar-refractivity contribution in [3.05, 3.63) is 65.7 Å². The van der Waals surface area contributed by atoms with E-state index in [9.17, 15) is 35.9 Å². The van der Waals surface area contributed by atoms with Gasteiger partial charge >= 0.3 is 29.9 Å². The van der Waals surface area contributed by atoms with Gasteiger partial charge in [0, 0.05) is 12.7 Å². The number of carbonyl (C=O) groups is 2. The highest BCUT2D eigenvalue weighted by Gasteiger charge is 2.69. The molecule has 0 saturated carbocycles. The summed E-state index contributed by atoms with van der Waals surface area (Å²) in [6.07, 6.45) is -11.7. The maximum atomic E-state index is 14.4. The Morgan fingerprint density at radius 1 is 0.750 bits per heavy atom. The van der Waals surface area contributed by atoms with E-state index in [1.54, 1.807) is 0 Å². The van der Waals surface area contributed by atoms with Crippen LogP contribution in [0.2, 0.25) is 0 Å². The third-order valence-corrected chi connectivity index (χ3v) is 4.58. The molecule has 0 radical (unpaired) electrons. The van der Waals surface area contributed by atoms with Gasteiger partial charge in [0.2, 0.25) is 0 Å². The monoisotopic (exact) mass is 464 g/mol. The lowest BCUT2D eigenvalue weighted by Gasteiger charge is -2.37. The number of carbonyl (C=O) groups excluding carboxylic acids is 2. The van der Waals surface area contributed by atoms with Crippen LogP contribution in [0.3, 0.4) is 0 Å². The molecular formula is C21H18F6O5. The fourth-order valence-electron chi connectivity index (χ4n) is 2.82. The van der Waals surface area contributed by atoms with E-state index in [4.69, 9.17) is 9.47 Å². The summed E-state index contributed by atoms with van der Waals surface area (Å²) < 4.78 is 96.1. The van der Waals surface area contributed by atoms with Gasteiger partial charge in [0.1, 0.15) is 5.75 Å². The third kappa shape index (κ3) is 4.87. The lowest BCUT2D eigenvalue weighted by atomic mass is 9.82.